The monoisotopic (exact) mass is 230 g/mol. The van der Waals surface area contributed by atoms with Crippen molar-refractivity contribution in [3.8, 4) is 0 Å². The Morgan fingerprint density at radius 2 is 2.08 bits per heavy atom. The van der Waals surface area contributed by atoms with Gasteiger partial charge in [0, 0.05) is 13.0 Å². The third kappa shape index (κ3) is 5.05. The van der Waals surface area contributed by atoms with Crippen LogP contribution >= 0.6 is 24.8 Å². The van der Waals surface area contributed by atoms with Gasteiger partial charge >= 0.3 is 0 Å². The zero-order valence-corrected chi connectivity index (χ0v) is 9.07. The van der Waals surface area contributed by atoms with Crippen molar-refractivity contribution in [2.45, 2.75) is 19.9 Å². The fraction of sp³-hybridized carbons (Fsp3) is 0.667. The number of aromatic nitrogens is 3. The van der Waals surface area contributed by atoms with Gasteiger partial charge in [-0.05, 0) is 13.5 Å². The van der Waals surface area contributed by atoms with Gasteiger partial charge in [-0.3, -0.25) is 0 Å². The molecule has 13 heavy (non-hydrogen) atoms. The summed E-state index contributed by atoms with van der Waals surface area (Å²) in [7, 11) is 0. The smallest absolute Gasteiger partial charge is 0.134 e. The molecular formula is C6H16Cl2N4O. The molecule has 4 N–H and O–H groups in total. The second kappa shape index (κ2) is 9.73. The minimum atomic E-state index is 0. The van der Waals surface area contributed by atoms with E-state index >= 15 is 0 Å². The number of rotatable bonds is 3. The van der Waals surface area contributed by atoms with Crippen LogP contribution in [0, 0.1) is 0 Å². The molecule has 0 saturated carbocycles. The maximum atomic E-state index is 5.36. The summed E-state index contributed by atoms with van der Waals surface area (Å²) in [5.74, 6) is 0.977. The summed E-state index contributed by atoms with van der Waals surface area (Å²) in [6.45, 7) is 3.62. The molecular weight excluding hydrogens is 215 g/mol. The lowest BCUT2D eigenvalue weighted by Crippen LogP contribution is -2.08. The van der Waals surface area contributed by atoms with Gasteiger partial charge in [0.05, 0.1) is 0 Å². The van der Waals surface area contributed by atoms with E-state index in [4.69, 9.17) is 5.73 Å². The summed E-state index contributed by atoms with van der Waals surface area (Å²) in [6, 6.07) is 0. The summed E-state index contributed by atoms with van der Waals surface area (Å²) in [4.78, 5) is 0. The molecule has 0 unspecified atom stereocenters. The average Bonchev–Trinajstić information content (AvgIpc) is 2.36. The van der Waals surface area contributed by atoms with Crippen LogP contribution in [0.2, 0.25) is 0 Å². The minimum absolute atomic E-state index is 0. The Bertz CT molecular complexity index is 206. The average molecular weight is 231 g/mol. The third-order valence-electron chi connectivity index (χ3n) is 1.40. The Balaban J connectivity index is -0.000000333. The first-order valence-electron chi connectivity index (χ1n) is 3.45. The van der Waals surface area contributed by atoms with Crippen LogP contribution in [0.5, 0.6) is 0 Å². The third-order valence-corrected chi connectivity index (χ3v) is 1.40. The molecule has 0 fully saturated rings. The summed E-state index contributed by atoms with van der Waals surface area (Å²) >= 11 is 0. The van der Waals surface area contributed by atoms with Gasteiger partial charge < -0.3 is 15.8 Å². The van der Waals surface area contributed by atoms with E-state index in [9.17, 15) is 0 Å². The van der Waals surface area contributed by atoms with Gasteiger partial charge in [0.2, 0.25) is 0 Å². The summed E-state index contributed by atoms with van der Waals surface area (Å²) in [5.41, 5.74) is 5.36. The van der Waals surface area contributed by atoms with Crippen LogP contribution in [-0.2, 0) is 13.0 Å². The highest BCUT2D eigenvalue weighted by molar-refractivity contribution is 5.85. The zero-order chi connectivity index (χ0) is 7.40. The van der Waals surface area contributed by atoms with Crippen molar-refractivity contribution in [2.24, 2.45) is 5.73 Å². The first kappa shape index (κ1) is 18.4. The van der Waals surface area contributed by atoms with Crippen LogP contribution in [0.4, 0.5) is 0 Å². The molecule has 7 heteroatoms. The highest BCUT2D eigenvalue weighted by Gasteiger charge is 1.98. The normalized spacial score (nSPS) is 7.85. The van der Waals surface area contributed by atoms with Gasteiger partial charge in [-0.1, -0.05) is 0 Å². The lowest BCUT2D eigenvalue weighted by atomic mass is 10.4. The number of aryl methyl sites for hydroxylation is 1. The van der Waals surface area contributed by atoms with E-state index in [-0.39, 0.29) is 30.3 Å². The molecule has 0 aromatic carbocycles. The number of nitrogens with two attached hydrogens (primary N) is 1. The summed E-state index contributed by atoms with van der Waals surface area (Å²) in [5, 5.41) is 7.68. The van der Waals surface area contributed by atoms with Gasteiger partial charge in [0.15, 0.2) is 0 Å². The maximum Gasteiger partial charge on any atom is 0.134 e. The Labute approximate surface area is 89.8 Å². The molecule has 0 bridgehead atoms. The molecule has 1 rings (SSSR count). The lowest BCUT2D eigenvalue weighted by molar-refractivity contribution is 0.693. The zero-order valence-electron chi connectivity index (χ0n) is 7.43. The van der Waals surface area contributed by atoms with Crippen LogP contribution in [0.25, 0.3) is 0 Å². The van der Waals surface area contributed by atoms with Crippen molar-refractivity contribution in [3.63, 3.8) is 0 Å². The van der Waals surface area contributed by atoms with E-state index in [0.717, 1.165) is 18.8 Å². The molecule has 0 radical (unpaired) electrons. The largest absolute Gasteiger partial charge is 0.412 e. The highest BCUT2D eigenvalue weighted by Crippen LogP contribution is 1.93. The predicted molar refractivity (Wildman–Crippen MR) is 56.6 cm³/mol. The second-order valence-corrected chi connectivity index (χ2v) is 2.07. The molecule has 80 valence electrons. The van der Waals surface area contributed by atoms with E-state index in [1.165, 1.54) is 0 Å². The van der Waals surface area contributed by atoms with Gasteiger partial charge in [-0.25, -0.2) is 0 Å². The molecule has 0 amide bonds. The fourth-order valence-corrected chi connectivity index (χ4v) is 0.866. The highest BCUT2D eigenvalue weighted by atomic mass is 35.5. The van der Waals surface area contributed by atoms with Crippen LogP contribution in [0.3, 0.4) is 0 Å². The second-order valence-electron chi connectivity index (χ2n) is 2.07. The van der Waals surface area contributed by atoms with Crippen LogP contribution in [0.15, 0.2) is 6.33 Å². The Hall–Kier alpha value is -0.360. The summed E-state index contributed by atoms with van der Waals surface area (Å²) in [6.07, 6.45) is 2.54. The van der Waals surface area contributed by atoms with E-state index in [1.807, 2.05) is 4.57 Å². The summed E-state index contributed by atoms with van der Waals surface area (Å²) < 4.78 is 1.99. The molecule has 0 aliphatic heterocycles. The van der Waals surface area contributed by atoms with Gasteiger partial charge in [-0.15, -0.1) is 35.0 Å². The molecule has 0 saturated heterocycles. The standard InChI is InChI=1S/C6H12N4.2ClH.H2O/c1-2-10-5-8-9-6(10)3-4-7;;;/h5H,2-4,7H2,1H3;2*1H;1H2. The van der Waals surface area contributed by atoms with Crippen molar-refractivity contribution in [1.29, 1.82) is 0 Å². The van der Waals surface area contributed by atoms with Crippen molar-refractivity contribution in [2.75, 3.05) is 6.54 Å². The Morgan fingerprint density at radius 3 is 2.54 bits per heavy atom. The first-order chi connectivity index (χ1) is 4.88. The molecule has 0 spiro atoms. The minimum Gasteiger partial charge on any atom is -0.412 e. The first-order valence-corrected chi connectivity index (χ1v) is 3.45. The SMILES string of the molecule is CCn1cnnc1CCN.Cl.Cl.O. The Kier molecular flexibility index (Phi) is 13.8. The van der Waals surface area contributed by atoms with Crippen molar-refractivity contribution in [3.05, 3.63) is 12.2 Å². The van der Waals surface area contributed by atoms with Crippen molar-refractivity contribution < 1.29 is 5.48 Å². The quantitative estimate of drug-likeness (QED) is 0.782. The fourth-order valence-electron chi connectivity index (χ4n) is 0.866. The topological polar surface area (TPSA) is 88.2 Å². The molecule has 1 aromatic rings. The molecule has 1 heterocycles. The van der Waals surface area contributed by atoms with Crippen LogP contribution < -0.4 is 5.73 Å². The molecule has 0 aliphatic carbocycles. The van der Waals surface area contributed by atoms with Gasteiger partial charge in [0.1, 0.15) is 12.2 Å². The van der Waals surface area contributed by atoms with Crippen LogP contribution in [0.1, 0.15) is 12.7 Å². The maximum absolute atomic E-state index is 5.36. The van der Waals surface area contributed by atoms with E-state index < -0.39 is 0 Å². The van der Waals surface area contributed by atoms with E-state index in [0.29, 0.717) is 6.54 Å². The predicted octanol–water partition coefficient (Wildman–Crippen LogP) is -0.182. The number of nitrogens with zero attached hydrogens (tertiary/aromatic N) is 3. The molecule has 0 atom stereocenters. The molecule has 5 nitrogen and oxygen atoms in total. The van der Waals surface area contributed by atoms with Crippen molar-refractivity contribution in [1.82, 2.24) is 14.8 Å². The number of hydrogen-bond acceptors (Lipinski definition) is 3. The van der Waals surface area contributed by atoms with Gasteiger partial charge in [0.25, 0.3) is 0 Å². The van der Waals surface area contributed by atoms with Crippen LogP contribution in [-0.4, -0.2) is 26.8 Å². The Morgan fingerprint density at radius 1 is 1.46 bits per heavy atom. The lowest BCUT2D eigenvalue weighted by Gasteiger charge is -1.98. The van der Waals surface area contributed by atoms with E-state index in [1.54, 1.807) is 6.33 Å². The number of halogens is 2. The van der Waals surface area contributed by atoms with Gasteiger partial charge in [-0.2, -0.15) is 0 Å². The molecule has 1 aromatic heterocycles. The number of hydrogen-bond donors (Lipinski definition) is 1. The molecule has 0 aliphatic rings. The van der Waals surface area contributed by atoms with Crippen molar-refractivity contribution >= 4 is 24.8 Å². The van der Waals surface area contributed by atoms with E-state index in [2.05, 4.69) is 17.1 Å².